The van der Waals surface area contributed by atoms with Crippen LogP contribution in [0.1, 0.15) is 32.9 Å². The minimum Gasteiger partial charge on any atom is -0.361 e. The molecule has 0 saturated heterocycles. The lowest BCUT2D eigenvalue weighted by atomic mass is 9.90. The second kappa shape index (κ2) is 5.71. The van der Waals surface area contributed by atoms with E-state index < -0.39 is 0 Å². The number of rotatable bonds is 6. The Morgan fingerprint density at radius 2 is 2.27 bits per heavy atom. The van der Waals surface area contributed by atoms with Gasteiger partial charge in [0.2, 0.25) is 0 Å². The Bertz CT molecular complexity index is 297. The van der Waals surface area contributed by atoms with E-state index in [0.717, 1.165) is 30.2 Å². The molecule has 0 spiro atoms. The average Bonchev–Trinajstić information content (AvgIpc) is 2.62. The molecule has 0 aliphatic heterocycles. The van der Waals surface area contributed by atoms with Crippen LogP contribution in [0.2, 0.25) is 0 Å². The van der Waals surface area contributed by atoms with Crippen molar-refractivity contribution in [3.05, 3.63) is 11.1 Å². The molecule has 0 atom stereocenters. The summed E-state index contributed by atoms with van der Waals surface area (Å²) in [6.45, 7) is 7.49. The second-order valence-corrected chi connectivity index (χ2v) is 5.69. The second-order valence-electron chi connectivity index (χ2n) is 4.45. The molecule has 15 heavy (non-hydrogen) atoms. The summed E-state index contributed by atoms with van der Waals surface area (Å²) in [4.78, 5) is 4.47. The van der Waals surface area contributed by atoms with Crippen molar-refractivity contribution in [3.8, 4) is 0 Å². The summed E-state index contributed by atoms with van der Waals surface area (Å²) in [7, 11) is 0. The minimum atomic E-state index is 0.236. The van der Waals surface area contributed by atoms with E-state index in [1.165, 1.54) is 0 Å². The van der Waals surface area contributed by atoms with E-state index in [4.69, 9.17) is 11.6 Å². The Morgan fingerprint density at radius 3 is 2.80 bits per heavy atom. The van der Waals surface area contributed by atoms with Gasteiger partial charge >= 0.3 is 0 Å². The van der Waals surface area contributed by atoms with Gasteiger partial charge in [0.15, 0.2) is 5.13 Å². The molecule has 1 aromatic rings. The van der Waals surface area contributed by atoms with E-state index in [1.54, 1.807) is 11.3 Å². The van der Waals surface area contributed by atoms with Crippen LogP contribution in [0.5, 0.6) is 0 Å². The summed E-state index contributed by atoms with van der Waals surface area (Å²) in [5.41, 5.74) is 1.40. The summed E-state index contributed by atoms with van der Waals surface area (Å²) in [5, 5.41) is 6.50. The largest absolute Gasteiger partial charge is 0.361 e. The highest BCUT2D eigenvalue weighted by Gasteiger charge is 2.17. The zero-order chi connectivity index (χ0) is 11.3. The molecule has 1 N–H and O–H groups in total. The van der Waals surface area contributed by atoms with Crippen LogP contribution in [0.4, 0.5) is 5.13 Å². The van der Waals surface area contributed by atoms with E-state index in [2.05, 4.69) is 36.5 Å². The Kier molecular flexibility index (Phi) is 4.87. The van der Waals surface area contributed by atoms with Crippen LogP contribution in [0.25, 0.3) is 0 Å². The monoisotopic (exact) mass is 246 g/mol. The van der Waals surface area contributed by atoms with Crippen LogP contribution in [0.15, 0.2) is 5.38 Å². The molecule has 0 aromatic carbocycles. The van der Waals surface area contributed by atoms with Gasteiger partial charge in [0.25, 0.3) is 0 Å². The van der Waals surface area contributed by atoms with Crippen LogP contribution in [-0.4, -0.2) is 17.4 Å². The highest BCUT2D eigenvalue weighted by Crippen LogP contribution is 2.23. The van der Waals surface area contributed by atoms with E-state index in [9.17, 15) is 0 Å². The SMILES string of the molecule is CCc1csc(NCC(C)(C)CCCl)n1. The molecule has 1 rings (SSSR count). The molecule has 0 bridgehead atoms. The molecule has 0 aliphatic rings. The van der Waals surface area contributed by atoms with Gasteiger partial charge in [-0.15, -0.1) is 22.9 Å². The Morgan fingerprint density at radius 1 is 1.53 bits per heavy atom. The standard InChI is InChI=1S/C11H19ClN2S/c1-4-9-7-15-10(14-9)13-8-11(2,3)5-6-12/h7H,4-6,8H2,1-3H3,(H,13,14). The Balaban J connectivity index is 2.42. The molecule has 0 fully saturated rings. The van der Waals surface area contributed by atoms with Crippen molar-refractivity contribution in [1.29, 1.82) is 0 Å². The number of halogens is 1. The molecule has 0 saturated carbocycles. The van der Waals surface area contributed by atoms with E-state index >= 15 is 0 Å². The van der Waals surface area contributed by atoms with E-state index in [-0.39, 0.29) is 5.41 Å². The van der Waals surface area contributed by atoms with Crippen molar-refractivity contribution in [3.63, 3.8) is 0 Å². The van der Waals surface area contributed by atoms with Gasteiger partial charge in [-0.3, -0.25) is 0 Å². The maximum Gasteiger partial charge on any atom is 0.182 e. The van der Waals surface area contributed by atoms with Crippen molar-refractivity contribution in [2.75, 3.05) is 17.7 Å². The van der Waals surface area contributed by atoms with Crippen LogP contribution in [0, 0.1) is 5.41 Å². The van der Waals surface area contributed by atoms with Gasteiger partial charge in [0, 0.05) is 17.8 Å². The fraction of sp³-hybridized carbons (Fsp3) is 0.727. The van der Waals surface area contributed by atoms with Gasteiger partial charge in [0.1, 0.15) is 0 Å². The van der Waals surface area contributed by atoms with Gasteiger partial charge in [-0.1, -0.05) is 20.8 Å². The minimum absolute atomic E-state index is 0.236. The quantitative estimate of drug-likeness (QED) is 0.773. The number of nitrogens with one attached hydrogen (secondary N) is 1. The van der Waals surface area contributed by atoms with Crippen LogP contribution < -0.4 is 5.32 Å². The smallest absolute Gasteiger partial charge is 0.182 e. The number of aromatic nitrogens is 1. The van der Waals surface area contributed by atoms with Crippen molar-refractivity contribution < 1.29 is 0 Å². The zero-order valence-electron chi connectivity index (χ0n) is 9.64. The lowest BCUT2D eigenvalue weighted by Crippen LogP contribution is -2.23. The summed E-state index contributed by atoms with van der Waals surface area (Å²) >= 11 is 7.43. The van der Waals surface area contributed by atoms with Crippen LogP contribution >= 0.6 is 22.9 Å². The third-order valence-electron chi connectivity index (χ3n) is 2.40. The topological polar surface area (TPSA) is 24.9 Å². The number of nitrogens with zero attached hydrogens (tertiary/aromatic N) is 1. The summed E-state index contributed by atoms with van der Waals surface area (Å²) in [6, 6.07) is 0. The first-order valence-corrected chi connectivity index (χ1v) is 6.73. The van der Waals surface area contributed by atoms with Crippen LogP contribution in [-0.2, 0) is 6.42 Å². The highest BCUT2D eigenvalue weighted by atomic mass is 35.5. The zero-order valence-corrected chi connectivity index (χ0v) is 11.2. The van der Waals surface area contributed by atoms with E-state index in [1.807, 2.05) is 0 Å². The van der Waals surface area contributed by atoms with Crippen molar-refractivity contribution in [1.82, 2.24) is 4.98 Å². The third kappa shape index (κ3) is 4.39. The van der Waals surface area contributed by atoms with Gasteiger partial charge in [-0.05, 0) is 18.3 Å². The van der Waals surface area contributed by atoms with Gasteiger partial charge in [-0.2, -0.15) is 0 Å². The molecule has 86 valence electrons. The number of hydrogen-bond acceptors (Lipinski definition) is 3. The third-order valence-corrected chi connectivity index (χ3v) is 3.44. The number of aryl methyl sites for hydroxylation is 1. The summed E-state index contributed by atoms with van der Waals surface area (Å²) in [5.74, 6) is 0.715. The van der Waals surface area contributed by atoms with Gasteiger partial charge < -0.3 is 5.32 Å². The molecular weight excluding hydrogens is 228 g/mol. The molecule has 1 aromatic heterocycles. The van der Waals surface area contributed by atoms with Gasteiger partial charge in [0.05, 0.1) is 5.69 Å². The predicted octanol–water partition coefficient (Wildman–Crippen LogP) is 3.77. The predicted molar refractivity (Wildman–Crippen MR) is 69.1 cm³/mol. The molecule has 0 unspecified atom stereocenters. The maximum atomic E-state index is 5.75. The first-order chi connectivity index (χ1) is 7.07. The average molecular weight is 247 g/mol. The highest BCUT2D eigenvalue weighted by molar-refractivity contribution is 7.13. The number of thiazole rings is 1. The number of hydrogen-bond donors (Lipinski definition) is 1. The molecule has 0 amide bonds. The molecule has 0 radical (unpaired) electrons. The first kappa shape index (κ1) is 12.8. The maximum absolute atomic E-state index is 5.75. The number of anilines is 1. The lowest BCUT2D eigenvalue weighted by molar-refractivity contribution is 0.379. The number of alkyl halides is 1. The summed E-state index contributed by atoms with van der Waals surface area (Å²) in [6.07, 6.45) is 2.02. The Hall–Kier alpha value is -0.280. The van der Waals surface area contributed by atoms with Crippen molar-refractivity contribution in [2.24, 2.45) is 5.41 Å². The fourth-order valence-electron chi connectivity index (χ4n) is 1.21. The molecule has 0 aliphatic carbocycles. The Labute approximate surface area is 101 Å². The molecule has 4 heteroatoms. The van der Waals surface area contributed by atoms with Crippen molar-refractivity contribution in [2.45, 2.75) is 33.6 Å². The van der Waals surface area contributed by atoms with Crippen molar-refractivity contribution >= 4 is 28.1 Å². The van der Waals surface area contributed by atoms with Crippen LogP contribution in [0.3, 0.4) is 0 Å². The summed E-state index contributed by atoms with van der Waals surface area (Å²) < 4.78 is 0. The molecule has 1 heterocycles. The van der Waals surface area contributed by atoms with E-state index in [0.29, 0.717) is 5.88 Å². The first-order valence-electron chi connectivity index (χ1n) is 5.31. The molecular formula is C11H19ClN2S. The van der Waals surface area contributed by atoms with Gasteiger partial charge in [-0.25, -0.2) is 4.98 Å². The normalized spacial score (nSPS) is 11.7. The lowest BCUT2D eigenvalue weighted by Gasteiger charge is -2.23. The fourth-order valence-corrected chi connectivity index (χ4v) is 2.51. The molecule has 2 nitrogen and oxygen atoms in total.